The number of hydrogen-bond donors (Lipinski definition) is 2. The lowest BCUT2D eigenvalue weighted by atomic mass is 10.0. The number of fused-ring (bicyclic) bond motifs is 1. The normalized spacial score (nSPS) is 12.0. The minimum atomic E-state index is -0.465. The summed E-state index contributed by atoms with van der Waals surface area (Å²) in [6.45, 7) is 4.70. The second kappa shape index (κ2) is 10.1. The number of anilines is 1. The summed E-state index contributed by atoms with van der Waals surface area (Å²) >= 11 is 0. The molecule has 1 atom stereocenters. The van der Waals surface area contributed by atoms with Crippen molar-refractivity contribution in [2.75, 3.05) is 32.6 Å². The molecule has 0 bridgehead atoms. The van der Waals surface area contributed by atoms with E-state index in [1.165, 1.54) is 0 Å². The van der Waals surface area contributed by atoms with Gasteiger partial charge in [-0.3, -0.25) is 4.79 Å². The number of nitrogens with two attached hydrogens (primary N) is 1. The Kier molecular flexibility index (Phi) is 6.97. The van der Waals surface area contributed by atoms with Crippen molar-refractivity contribution in [1.82, 2.24) is 25.3 Å². The van der Waals surface area contributed by atoms with Gasteiger partial charge in [-0.05, 0) is 57.3 Å². The summed E-state index contributed by atoms with van der Waals surface area (Å²) in [7, 11) is 5.75. The fourth-order valence-corrected chi connectivity index (χ4v) is 4.19. The third kappa shape index (κ3) is 4.81. The average molecular weight is 474 g/mol. The molecule has 35 heavy (non-hydrogen) atoms. The van der Waals surface area contributed by atoms with Crippen LogP contribution in [0, 0.1) is 13.8 Å². The molecule has 2 aromatic heterocycles. The maximum absolute atomic E-state index is 11.8. The Morgan fingerprint density at radius 3 is 2.63 bits per heavy atom. The highest BCUT2D eigenvalue weighted by Crippen LogP contribution is 2.34. The van der Waals surface area contributed by atoms with Gasteiger partial charge in [-0.1, -0.05) is 24.3 Å². The van der Waals surface area contributed by atoms with E-state index in [0.29, 0.717) is 23.6 Å². The highest BCUT2D eigenvalue weighted by Gasteiger charge is 2.21. The number of para-hydroxylation sites is 2. The molecule has 0 saturated carbocycles. The first-order valence-corrected chi connectivity index (χ1v) is 11.5. The molecule has 0 aliphatic rings. The summed E-state index contributed by atoms with van der Waals surface area (Å²) in [5.74, 6) is 0.924. The van der Waals surface area contributed by atoms with E-state index in [1.54, 1.807) is 12.1 Å². The molecule has 1 unspecified atom stereocenters. The van der Waals surface area contributed by atoms with Gasteiger partial charge in [-0.15, -0.1) is 5.10 Å². The minimum Gasteiger partial charge on any atom is -0.483 e. The van der Waals surface area contributed by atoms with Crippen LogP contribution in [0.15, 0.2) is 48.5 Å². The van der Waals surface area contributed by atoms with Crippen LogP contribution in [0.3, 0.4) is 0 Å². The van der Waals surface area contributed by atoms with Crippen LogP contribution in [-0.2, 0) is 0 Å². The number of carbonyl (C=O) groups is 1. The van der Waals surface area contributed by atoms with Crippen molar-refractivity contribution in [2.45, 2.75) is 26.4 Å². The molecule has 182 valence electrons. The number of amides is 1. The Labute approximate surface area is 204 Å². The Morgan fingerprint density at radius 2 is 1.91 bits per heavy atom. The van der Waals surface area contributed by atoms with Crippen LogP contribution in [-0.4, -0.2) is 53.6 Å². The lowest BCUT2D eigenvalue weighted by Gasteiger charge is -2.22. The first-order chi connectivity index (χ1) is 16.8. The predicted octanol–water partition coefficient (Wildman–Crippen LogP) is 3.33. The topological polar surface area (TPSA) is 111 Å². The van der Waals surface area contributed by atoms with Gasteiger partial charge in [0.2, 0.25) is 5.91 Å². The van der Waals surface area contributed by atoms with Crippen molar-refractivity contribution in [2.24, 2.45) is 5.73 Å². The lowest BCUT2D eigenvalue weighted by Crippen LogP contribution is -2.18. The molecule has 9 heteroatoms. The minimum absolute atomic E-state index is 0.296. The molecular weight excluding hydrogens is 442 g/mol. The smallest absolute Gasteiger partial charge is 0.248 e. The molecule has 0 aliphatic heterocycles. The molecule has 3 N–H and O–H groups in total. The van der Waals surface area contributed by atoms with Crippen LogP contribution in [0.5, 0.6) is 5.75 Å². The van der Waals surface area contributed by atoms with Gasteiger partial charge in [0.1, 0.15) is 23.1 Å². The van der Waals surface area contributed by atoms with Crippen LogP contribution in [0.1, 0.15) is 39.8 Å². The molecule has 2 heterocycles. The number of rotatable bonds is 9. The van der Waals surface area contributed by atoms with E-state index in [-0.39, 0.29) is 6.10 Å². The second-order valence-electron chi connectivity index (χ2n) is 8.68. The van der Waals surface area contributed by atoms with Crippen molar-refractivity contribution >= 4 is 22.6 Å². The largest absolute Gasteiger partial charge is 0.483 e. The van der Waals surface area contributed by atoms with E-state index in [4.69, 9.17) is 15.6 Å². The first-order valence-electron chi connectivity index (χ1n) is 11.5. The number of primary amides is 1. The summed E-state index contributed by atoms with van der Waals surface area (Å²) in [5.41, 5.74) is 10.2. The van der Waals surface area contributed by atoms with Crippen molar-refractivity contribution in [3.05, 3.63) is 71.0 Å². The van der Waals surface area contributed by atoms with Crippen molar-refractivity contribution in [3.63, 3.8) is 0 Å². The van der Waals surface area contributed by atoms with Gasteiger partial charge < -0.3 is 20.7 Å². The highest BCUT2D eigenvalue weighted by atomic mass is 16.5. The third-order valence-corrected chi connectivity index (χ3v) is 5.97. The van der Waals surface area contributed by atoms with Gasteiger partial charge in [-0.2, -0.15) is 10.2 Å². The van der Waals surface area contributed by atoms with Gasteiger partial charge >= 0.3 is 0 Å². The Bertz CT molecular complexity index is 1360. The fourth-order valence-electron chi connectivity index (χ4n) is 4.19. The second-order valence-corrected chi connectivity index (χ2v) is 8.68. The van der Waals surface area contributed by atoms with E-state index < -0.39 is 5.91 Å². The van der Waals surface area contributed by atoms with Crippen molar-refractivity contribution in [3.8, 4) is 11.4 Å². The van der Waals surface area contributed by atoms with Gasteiger partial charge in [0.05, 0.1) is 16.8 Å². The van der Waals surface area contributed by atoms with Crippen molar-refractivity contribution in [1.29, 1.82) is 0 Å². The third-order valence-electron chi connectivity index (χ3n) is 5.97. The van der Waals surface area contributed by atoms with Gasteiger partial charge in [0, 0.05) is 26.1 Å². The summed E-state index contributed by atoms with van der Waals surface area (Å²) in [5, 5.41) is 17.8. The Balaban J connectivity index is 1.80. The van der Waals surface area contributed by atoms with Gasteiger partial charge in [0.25, 0.3) is 0 Å². The maximum atomic E-state index is 11.8. The molecule has 0 fully saturated rings. The molecule has 0 radical (unpaired) electrons. The summed E-state index contributed by atoms with van der Waals surface area (Å²) < 4.78 is 8.47. The SMILES string of the molecule is CNCCC(Oc1ccccc1-n1nc2c(N(C)C)nnc(C)c2c1C)c1cccc(C(N)=O)c1. The highest BCUT2D eigenvalue weighted by molar-refractivity contribution is 5.93. The molecule has 1 amide bonds. The zero-order chi connectivity index (χ0) is 25.1. The standard InChI is InChI=1S/C26H31N7O2/c1-16-23-17(2)33(31-24(23)26(30-29-16)32(4)5)20-11-6-7-12-22(20)35-21(13-14-28-3)18-9-8-10-19(15-18)25(27)34/h6-12,15,21,28H,13-14H2,1-5H3,(H2,27,34). The van der Waals surface area contributed by atoms with E-state index in [2.05, 4.69) is 15.5 Å². The molecule has 0 saturated heterocycles. The van der Waals surface area contributed by atoms with Crippen molar-refractivity contribution < 1.29 is 9.53 Å². The number of nitrogens with zero attached hydrogens (tertiary/aromatic N) is 5. The number of ether oxygens (including phenoxy) is 1. The van der Waals surface area contributed by atoms with Gasteiger partial charge in [0.15, 0.2) is 5.82 Å². The number of aryl methyl sites for hydroxylation is 2. The molecule has 9 nitrogen and oxygen atoms in total. The number of aromatic nitrogens is 4. The van der Waals surface area contributed by atoms with Crippen LogP contribution < -0.4 is 20.7 Å². The summed E-state index contributed by atoms with van der Waals surface area (Å²) in [6, 6.07) is 15.1. The number of carbonyl (C=O) groups excluding carboxylic acids is 1. The van der Waals surface area contributed by atoms with Crippen LogP contribution in [0.4, 0.5) is 5.82 Å². The maximum Gasteiger partial charge on any atom is 0.248 e. The van der Waals surface area contributed by atoms with Crippen LogP contribution >= 0.6 is 0 Å². The Hall–Kier alpha value is -3.98. The van der Waals surface area contributed by atoms with E-state index >= 15 is 0 Å². The number of benzene rings is 2. The predicted molar refractivity (Wildman–Crippen MR) is 137 cm³/mol. The summed E-state index contributed by atoms with van der Waals surface area (Å²) in [6.07, 6.45) is 0.403. The molecule has 2 aromatic carbocycles. The summed E-state index contributed by atoms with van der Waals surface area (Å²) in [4.78, 5) is 13.7. The number of hydrogen-bond acceptors (Lipinski definition) is 7. The van der Waals surface area contributed by atoms with E-state index in [0.717, 1.165) is 40.1 Å². The molecule has 4 rings (SSSR count). The Morgan fingerprint density at radius 1 is 1.14 bits per heavy atom. The lowest BCUT2D eigenvalue weighted by molar-refractivity contribution is 0.1000. The van der Waals surface area contributed by atoms with E-state index in [1.807, 2.05) is 81.0 Å². The monoisotopic (exact) mass is 473 g/mol. The molecular formula is C26H31N7O2. The molecule has 0 aliphatic carbocycles. The number of nitrogens with one attached hydrogen (secondary N) is 1. The molecule has 0 spiro atoms. The van der Waals surface area contributed by atoms with Crippen LogP contribution in [0.2, 0.25) is 0 Å². The quantitative estimate of drug-likeness (QED) is 0.384. The average Bonchev–Trinajstić information content (AvgIpc) is 3.19. The molecule has 4 aromatic rings. The van der Waals surface area contributed by atoms with E-state index in [9.17, 15) is 4.79 Å². The fraction of sp³-hybridized carbons (Fsp3) is 0.308. The van der Waals surface area contributed by atoms with Gasteiger partial charge in [-0.25, -0.2) is 4.68 Å². The first kappa shape index (κ1) is 24.2. The zero-order valence-corrected chi connectivity index (χ0v) is 20.7. The van der Waals surface area contributed by atoms with Crippen LogP contribution in [0.25, 0.3) is 16.6 Å². The zero-order valence-electron chi connectivity index (χ0n) is 20.7.